The average molecular weight is 362 g/mol. The molecular formula is C21H22N4O2. The summed E-state index contributed by atoms with van der Waals surface area (Å²) < 4.78 is 5.83. The Hall–Kier alpha value is -3.15. The molecule has 1 atom stereocenters. The second-order valence-corrected chi connectivity index (χ2v) is 7.01. The fraction of sp³-hybridized carbons (Fsp3) is 0.286. The van der Waals surface area contributed by atoms with Gasteiger partial charge in [0.05, 0.1) is 0 Å². The molecule has 1 fully saturated rings. The van der Waals surface area contributed by atoms with Crippen molar-refractivity contribution in [2.24, 2.45) is 0 Å². The second-order valence-electron chi connectivity index (χ2n) is 7.01. The van der Waals surface area contributed by atoms with Gasteiger partial charge in [0.25, 0.3) is 5.91 Å². The summed E-state index contributed by atoms with van der Waals surface area (Å²) in [6.07, 6.45) is 2.14. The van der Waals surface area contributed by atoms with Crippen molar-refractivity contribution in [3.63, 3.8) is 0 Å². The highest BCUT2D eigenvalue weighted by molar-refractivity contribution is 5.95. The van der Waals surface area contributed by atoms with E-state index in [2.05, 4.69) is 20.8 Å². The molecule has 2 N–H and O–H groups in total. The minimum Gasteiger partial charge on any atom is -0.418 e. The third-order valence-electron chi connectivity index (χ3n) is 4.50. The molecule has 3 aromatic rings. The average Bonchev–Trinajstić information content (AvgIpc) is 3.33. The van der Waals surface area contributed by atoms with Crippen molar-refractivity contribution in [1.29, 1.82) is 0 Å². The van der Waals surface area contributed by atoms with E-state index in [9.17, 15) is 4.79 Å². The molecule has 0 radical (unpaired) electrons. The van der Waals surface area contributed by atoms with E-state index in [1.807, 2.05) is 62.4 Å². The molecule has 1 aliphatic rings. The van der Waals surface area contributed by atoms with E-state index in [4.69, 9.17) is 4.42 Å². The Morgan fingerprint density at radius 2 is 1.96 bits per heavy atom. The van der Waals surface area contributed by atoms with Gasteiger partial charge in [-0.1, -0.05) is 23.8 Å². The first-order valence-corrected chi connectivity index (χ1v) is 9.16. The summed E-state index contributed by atoms with van der Waals surface area (Å²) in [4.78, 5) is 12.2. The van der Waals surface area contributed by atoms with Gasteiger partial charge in [-0.2, -0.15) is 0 Å². The monoisotopic (exact) mass is 362 g/mol. The molecule has 27 heavy (non-hydrogen) atoms. The van der Waals surface area contributed by atoms with Crippen molar-refractivity contribution in [2.45, 2.75) is 38.8 Å². The fourth-order valence-electron chi connectivity index (χ4n) is 2.86. The third-order valence-corrected chi connectivity index (χ3v) is 4.50. The molecule has 0 bridgehead atoms. The van der Waals surface area contributed by atoms with Crippen LogP contribution < -0.4 is 10.6 Å². The van der Waals surface area contributed by atoms with Crippen LogP contribution in [0.2, 0.25) is 0 Å². The summed E-state index contributed by atoms with van der Waals surface area (Å²) in [5.74, 6) is 0.965. The number of hydrogen-bond donors (Lipinski definition) is 2. The Morgan fingerprint density at radius 3 is 2.74 bits per heavy atom. The van der Waals surface area contributed by atoms with E-state index >= 15 is 0 Å². The molecule has 1 aliphatic carbocycles. The van der Waals surface area contributed by atoms with E-state index in [0.717, 1.165) is 29.7 Å². The number of aryl methyl sites for hydroxylation is 1. The smallest absolute Gasteiger partial charge is 0.251 e. The third kappa shape index (κ3) is 4.16. The van der Waals surface area contributed by atoms with Gasteiger partial charge >= 0.3 is 0 Å². The summed E-state index contributed by atoms with van der Waals surface area (Å²) in [6.45, 7) is 3.97. The number of benzene rings is 2. The lowest BCUT2D eigenvalue weighted by Gasteiger charge is -2.12. The van der Waals surface area contributed by atoms with Crippen LogP contribution in [0.4, 0.5) is 5.69 Å². The molecule has 138 valence electrons. The van der Waals surface area contributed by atoms with Gasteiger partial charge in [0.2, 0.25) is 11.8 Å². The van der Waals surface area contributed by atoms with Crippen molar-refractivity contribution in [3.8, 4) is 11.5 Å². The lowest BCUT2D eigenvalue weighted by Crippen LogP contribution is -2.25. The largest absolute Gasteiger partial charge is 0.418 e. The zero-order valence-electron chi connectivity index (χ0n) is 15.4. The van der Waals surface area contributed by atoms with Gasteiger partial charge in [-0.3, -0.25) is 4.79 Å². The van der Waals surface area contributed by atoms with Crippen LogP contribution in [0.1, 0.15) is 47.6 Å². The molecule has 0 unspecified atom stereocenters. The SMILES string of the molecule is Cc1cccc(-c2nnc([C@H](C)Nc3cccc(C(=O)NC4CC4)c3)o2)c1. The molecule has 4 rings (SSSR count). The first-order chi connectivity index (χ1) is 13.1. The van der Waals surface area contributed by atoms with Gasteiger partial charge in [0.1, 0.15) is 6.04 Å². The van der Waals surface area contributed by atoms with E-state index in [0.29, 0.717) is 23.4 Å². The second kappa shape index (κ2) is 7.23. The highest BCUT2D eigenvalue weighted by atomic mass is 16.4. The number of aromatic nitrogens is 2. The summed E-state index contributed by atoms with van der Waals surface area (Å²) in [5, 5.41) is 14.6. The molecular weight excluding hydrogens is 340 g/mol. The molecule has 0 saturated heterocycles. The molecule has 1 heterocycles. The van der Waals surface area contributed by atoms with Crippen LogP contribution in [0.15, 0.2) is 52.9 Å². The van der Waals surface area contributed by atoms with Crippen molar-refractivity contribution in [3.05, 3.63) is 65.5 Å². The standard InChI is InChI=1S/C21H22N4O2/c1-13-5-3-7-16(11-13)21-25-24-20(27-21)14(2)22-18-8-4-6-15(12-18)19(26)23-17-9-10-17/h3-8,11-12,14,17,22H,9-10H2,1-2H3,(H,23,26)/t14-/m0/s1. The predicted molar refractivity (Wildman–Crippen MR) is 103 cm³/mol. The summed E-state index contributed by atoms with van der Waals surface area (Å²) >= 11 is 0. The minimum atomic E-state index is -0.183. The number of rotatable bonds is 6. The lowest BCUT2D eigenvalue weighted by molar-refractivity contribution is 0.0951. The lowest BCUT2D eigenvalue weighted by atomic mass is 10.1. The Labute approximate surface area is 158 Å². The molecule has 6 heteroatoms. The molecule has 6 nitrogen and oxygen atoms in total. The molecule has 1 saturated carbocycles. The van der Waals surface area contributed by atoms with Gasteiger partial charge in [0, 0.05) is 22.9 Å². The van der Waals surface area contributed by atoms with Crippen LogP contribution in [-0.2, 0) is 0 Å². The maximum absolute atomic E-state index is 12.2. The first kappa shape index (κ1) is 17.3. The normalized spacial score (nSPS) is 14.6. The van der Waals surface area contributed by atoms with E-state index in [1.54, 1.807) is 0 Å². The van der Waals surface area contributed by atoms with Crippen molar-refractivity contribution in [1.82, 2.24) is 15.5 Å². The molecule has 0 spiro atoms. The van der Waals surface area contributed by atoms with Gasteiger partial charge < -0.3 is 15.1 Å². The Morgan fingerprint density at radius 1 is 1.15 bits per heavy atom. The number of nitrogens with one attached hydrogen (secondary N) is 2. The fourth-order valence-corrected chi connectivity index (χ4v) is 2.86. The van der Waals surface area contributed by atoms with Crippen LogP contribution in [0.25, 0.3) is 11.5 Å². The number of carbonyl (C=O) groups excluding carboxylic acids is 1. The minimum absolute atomic E-state index is 0.0340. The summed E-state index contributed by atoms with van der Waals surface area (Å²) in [5.41, 5.74) is 3.52. The molecule has 1 amide bonds. The zero-order chi connectivity index (χ0) is 18.8. The maximum Gasteiger partial charge on any atom is 0.251 e. The number of carbonyl (C=O) groups is 1. The summed E-state index contributed by atoms with van der Waals surface area (Å²) in [6, 6.07) is 15.5. The zero-order valence-corrected chi connectivity index (χ0v) is 15.4. The van der Waals surface area contributed by atoms with Crippen LogP contribution >= 0.6 is 0 Å². The number of hydrogen-bond acceptors (Lipinski definition) is 5. The number of nitrogens with zero attached hydrogens (tertiary/aromatic N) is 2. The number of anilines is 1. The Kier molecular flexibility index (Phi) is 4.62. The van der Waals surface area contributed by atoms with E-state index in [-0.39, 0.29) is 11.9 Å². The number of amides is 1. The van der Waals surface area contributed by atoms with E-state index < -0.39 is 0 Å². The van der Waals surface area contributed by atoms with Crippen molar-refractivity contribution in [2.75, 3.05) is 5.32 Å². The van der Waals surface area contributed by atoms with Crippen LogP contribution in [0, 0.1) is 6.92 Å². The van der Waals surface area contributed by atoms with Crippen molar-refractivity contribution < 1.29 is 9.21 Å². The molecule has 1 aromatic heterocycles. The predicted octanol–water partition coefficient (Wildman–Crippen LogP) is 4.11. The van der Waals surface area contributed by atoms with Crippen LogP contribution in [0.5, 0.6) is 0 Å². The van der Waals surface area contributed by atoms with Gasteiger partial charge in [-0.15, -0.1) is 10.2 Å². The van der Waals surface area contributed by atoms with Gasteiger partial charge in [-0.05, 0) is 57.0 Å². The Balaban J connectivity index is 1.46. The highest BCUT2D eigenvalue weighted by Crippen LogP contribution is 2.24. The van der Waals surface area contributed by atoms with Gasteiger partial charge in [-0.25, -0.2) is 0 Å². The van der Waals surface area contributed by atoms with Crippen LogP contribution in [0.3, 0.4) is 0 Å². The maximum atomic E-state index is 12.2. The van der Waals surface area contributed by atoms with E-state index in [1.165, 1.54) is 0 Å². The topological polar surface area (TPSA) is 80.0 Å². The molecule has 0 aliphatic heterocycles. The first-order valence-electron chi connectivity index (χ1n) is 9.16. The quantitative estimate of drug-likeness (QED) is 0.690. The van der Waals surface area contributed by atoms with Crippen LogP contribution in [-0.4, -0.2) is 22.1 Å². The van der Waals surface area contributed by atoms with Gasteiger partial charge in [0.15, 0.2) is 0 Å². The van der Waals surface area contributed by atoms with Crippen molar-refractivity contribution >= 4 is 11.6 Å². The molecule has 2 aromatic carbocycles. The summed E-state index contributed by atoms with van der Waals surface area (Å²) in [7, 11) is 0. The Bertz CT molecular complexity index is 962. The highest BCUT2D eigenvalue weighted by Gasteiger charge is 2.24.